The fourth-order valence-electron chi connectivity index (χ4n) is 4.24. The molecule has 35 heavy (non-hydrogen) atoms. The lowest BCUT2D eigenvalue weighted by Crippen LogP contribution is -2.37. The number of furan rings is 1. The van der Waals surface area contributed by atoms with E-state index >= 15 is 0 Å². The average Bonchev–Trinajstić information content (AvgIpc) is 3.40. The zero-order valence-electron chi connectivity index (χ0n) is 19.8. The molecule has 2 N–H and O–H groups in total. The van der Waals surface area contributed by atoms with Crippen molar-refractivity contribution in [2.24, 2.45) is 5.92 Å². The van der Waals surface area contributed by atoms with Crippen molar-refractivity contribution in [2.75, 3.05) is 29.6 Å². The maximum Gasteiger partial charge on any atom is 0.255 e. The first-order chi connectivity index (χ1) is 16.9. The first-order valence-electron chi connectivity index (χ1n) is 11.6. The van der Waals surface area contributed by atoms with Gasteiger partial charge in [0.1, 0.15) is 5.76 Å². The summed E-state index contributed by atoms with van der Waals surface area (Å²) >= 11 is 7.63. The number of hydrogen-bond acceptors (Lipinski definition) is 6. The summed E-state index contributed by atoms with van der Waals surface area (Å²) in [6.07, 6.45) is 7.63. The third-order valence-electron chi connectivity index (χ3n) is 6.15. The van der Waals surface area contributed by atoms with E-state index in [1.165, 1.54) is 0 Å². The highest BCUT2D eigenvalue weighted by Gasteiger charge is 2.25. The van der Waals surface area contributed by atoms with Crippen LogP contribution in [0.5, 0.6) is 0 Å². The van der Waals surface area contributed by atoms with Crippen LogP contribution in [0.4, 0.5) is 11.5 Å². The Morgan fingerprint density at radius 3 is 2.71 bits per heavy atom. The van der Waals surface area contributed by atoms with Crippen molar-refractivity contribution in [2.45, 2.75) is 37.1 Å². The van der Waals surface area contributed by atoms with Crippen LogP contribution in [0.25, 0.3) is 0 Å². The molecule has 9 heteroatoms. The Labute approximate surface area is 214 Å². The lowest BCUT2D eigenvalue weighted by molar-refractivity contribution is -0.122. The third-order valence-corrected chi connectivity index (χ3v) is 7.08. The molecule has 7 nitrogen and oxygen atoms in total. The van der Waals surface area contributed by atoms with Crippen molar-refractivity contribution in [1.82, 2.24) is 10.3 Å². The summed E-state index contributed by atoms with van der Waals surface area (Å²) in [7, 11) is 0. The summed E-state index contributed by atoms with van der Waals surface area (Å²) in [4.78, 5) is 33.2. The molecule has 1 saturated heterocycles. The summed E-state index contributed by atoms with van der Waals surface area (Å²) in [5.74, 6) is 1.59. The van der Waals surface area contributed by atoms with Crippen molar-refractivity contribution in [3.05, 3.63) is 71.3 Å². The molecular weight excluding hydrogens is 484 g/mol. The summed E-state index contributed by atoms with van der Waals surface area (Å²) < 4.78 is 5.37. The molecule has 0 aliphatic carbocycles. The smallest absolute Gasteiger partial charge is 0.255 e. The number of hydrogen-bond donors (Lipinski definition) is 2. The Balaban J connectivity index is 1.38. The molecule has 1 aliphatic rings. The summed E-state index contributed by atoms with van der Waals surface area (Å²) in [5.41, 5.74) is 1.16. The van der Waals surface area contributed by atoms with Gasteiger partial charge in [-0.25, -0.2) is 4.98 Å². The molecule has 1 atom stereocenters. The number of nitrogens with zero attached hydrogens (tertiary/aromatic N) is 2. The Morgan fingerprint density at radius 2 is 2.03 bits per heavy atom. The van der Waals surface area contributed by atoms with Crippen molar-refractivity contribution in [3.8, 4) is 0 Å². The Morgan fingerprint density at radius 1 is 1.23 bits per heavy atom. The third kappa shape index (κ3) is 6.58. The number of halogens is 1. The molecule has 1 aromatic carbocycles. The van der Waals surface area contributed by atoms with Gasteiger partial charge >= 0.3 is 0 Å². The van der Waals surface area contributed by atoms with Gasteiger partial charge in [-0.2, -0.15) is 0 Å². The van der Waals surface area contributed by atoms with Gasteiger partial charge in [-0.3, -0.25) is 9.59 Å². The average molecular weight is 513 g/mol. The van der Waals surface area contributed by atoms with E-state index in [1.54, 1.807) is 42.3 Å². The van der Waals surface area contributed by atoms with E-state index in [1.807, 2.05) is 37.6 Å². The second-order valence-electron chi connectivity index (χ2n) is 8.65. The number of piperidine rings is 1. The molecule has 1 aliphatic heterocycles. The van der Waals surface area contributed by atoms with E-state index in [2.05, 4.69) is 20.5 Å². The molecule has 0 saturated carbocycles. The Kier molecular flexibility index (Phi) is 8.36. The molecule has 0 spiro atoms. The second kappa shape index (κ2) is 11.6. The van der Waals surface area contributed by atoms with Crippen LogP contribution in [0.2, 0.25) is 5.02 Å². The highest BCUT2D eigenvalue weighted by Crippen LogP contribution is 2.32. The molecule has 4 rings (SSSR count). The summed E-state index contributed by atoms with van der Waals surface area (Å²) in [6.45, 7) is 3.44. The van der Waals surface area contributed by atoms with Crippen molar-refractivity contribution in [1.29, 1.82) is 0 Å². The van der Waals surface area contributed by atoms with Gasteiger partial charge in [-0.15, -0.1) is 11.8 Å². The topological polar surface area (TPSA) is 87.5 Å². The highest BCUT2D eigenvalue weighted by atomic mass is 35.5. The maximum atomic E-state index is 12.9. The van der Waals surface area contributed by atoms with Gasteiger partial charge < -0.3 is 20.0 Å². The van der Waals surface area contributed by atoms with E-state index in [0.717, 1.165) is 42.4 Å². The van der Waals surface area contributed by atoms with Crippen LogP contribution in [0.1, 0.15) is 48.3 Å². The van der Waals surface area contributed by atoms with Crippen LogP contribution in [0, 0.1) is 5.92 Å². The largest absolute Gasteiger partial charge is 0.467 e. The highest BCUT2D eigenvalue weighted by molar-refractivity contribution is 7.98. The zero-order chi connectivity index (χ0) is 24.8. The van der Waals surface area contributed by atoms with Crippen LogP contribution in [0.3, 0.4) is 0 Å². The molecule has 2 amide bonds. The Bertz CT molecular complexity index is 1160. The minimum absolute atomic E-state index is 0.0317. The van der Waals surface area contributed by atoms with Crippen molar-refractivity contribution >= 4 is 46.7 Å². The number of benzene rings is 1. The first kappa shape index (κ1) is 25.1. The van der Waals surface area contributed by atoms with Gasteiger partial charge in [0.2, 0.25) is 5.91 Å². The fourth-order valence-corrected chi connectivity index (χ4v) is 4.82. The quantitative estimate of drug-likeness (QED) is 0.372. The molecular formula is C26H29ClN4O3S. The van der Waals surface area contributed by atoms with Gasteiger partial charge in [0.15, 0.2) is 5.82 Å². The number of amides is 2. The summed E-state index contributed by atoms with van der Waals surface area (Å²) in [5, 5.41) is 6.55. The van der Waals surface area contributed by atoms with Gasteiger partial charge in [-0.05, 0) is 68.3 Å². The molecule has 0 radical (unpaired) electrons. The number of thioether (sulfide) groups is 1. The van der Waals surface area contributed by atoms with Crippen LogP contribution in [-0.2, 0) is 4.79 Å². The van der Waals surface area contributed by atoms with Gasteiger partial charge in [0.25, 0.3) is 5.91 Å². The predicted molar refractivity (Wildman–Crippen MR) is 140 cm³/mol. The minimum Gasteiger partial charge on any atom is -0.467 e. The standard InChI is InChI=1S/C26H29ClN4O3S/c1-17(23-7-4-12-34-23)29-24(32)13-18-8-10-31(11-9-18)25-22(15-21(35-2)16-28-25)30-26(33)19-5-3-6-20(27)14-19/h3-7,12,14-18H,8-11,13H2,1-2H3,(H,29,32)(H,30,33). The van der Waals surface area contributed by atoms with Crippen LogP contribution < -0.4 is 15.5 Å². The minimum atomic E-state index is -0.231. The predicted octanol–water partition coefficient (Wildman–Crippen LogP) is 5.79. The molecule has 3 heterocycles. The normalized spacial score (nSPS) is 15.0. The van der Waals surface area contributed by atoms with E-state index in [9.17, 15) is 9.59 Å². The van der Waals surface area contributed by atoms with Gasteiger partial charge in [0.05, 0.1) is 18.0 Å². The van der Waals surface area contributed by atoms with Crippen molar-refractivity contribution in [3.63, 3.8) is 0 Å². The van der Waals surface area contributed by atoms with Crippen LogP contribution in [0.15, 0.2) is 64.2 Å². The molecule has 2 aromatic heterocycles. The summed E-state index contributed by atoms with van der Waals surface area (Å²) in [6, 6.07) is 12.3. The SMILES string of the molecule is CSc1cnc(N2CCC(CC(=O)NC(C)c3ccco3)CC2)c(NC(=O)c2cccc(Cl)c2)c1. The van der Waals surface area contributed by atoms with Crippen LogP contribution >= 0.6 is 23.4 Å². The number of pyridine rings is 1. The number of aromatic nitrogens is 1. The van der Waals surface area contributed by atoms with E-state index < -0.39 is 0 Å². The fraction of sp³-hybridized carbons (Fsp3) is 0.346. The van der Waals surface area contributed by atoms with E-state index in [4.69, 9.17) is 16.0 Å². The number of carbonyl (C=O) groups is 2. The monoisotopic (exact) mass is 512 g/mol. The number of anilines is 2. The molecule has 184 valence electrons. The molecule has 0 bridgehead atoms. The second-order valence-corrected chi connectivity index (χ2v) is 9.97. The number of nitrogens with one attached hydrogen (secondary N) is 2. The molecule has 1 fully saturated rings. The van der Waals surface area contributed by atoms with Gasteiger partial charge in [-0.1, -0.05) is 17.7 Å². The number of rotatable bonds is 8. The maximum absolute atomic E-state index is 12.9. The lowest BCUT2D eigenvalue weighted by Gasteiger charge is -2.33. The lowest BCUT2D eigenvalue weighted by atomic mass is 9.93. The Hall–Kier alpha value is -2.97. The first-order valence-corrected chi connectivity index (χ1v) is 13.2. The van der Waals surface area contributed by atoms with Crippen LogP contribution in [-0.4, -0.2) is 36.1 Å². The number of carbonyl (C=O) groups excluding carboxylic acids is 2. The zero-order valence-corrected chi connectivity index (χ0v) is 21.4. The van der Waals surface area contributed by atoms with E-state index in [-0.39, 0.29) is 17.9 Å². The van der Waals surface area contributed by atoms with Crippen molar-refractivity contribution < 1.29 is 14.0 Å². The van der Waals surface area contributed by atoms with E-state index in [0.29, 0.717) is 28.6 Å². The van der Waals surface area contributed by atoms with Gasteiger partial charge in [0, 0.05) is 41.2 Å². The molecule has 1 unspecified atom stereocenters. The molecule has 3 aromatic rings.